The number of carbonyl (C=O) groups excluding carboxylic acids is 2. The molecule has 1 rings (SSSR count). The lowest BCUT2D eigenvalue weighted by atomic mass is 10.2. The third-order valence-electron chi connectivity index (χ3n) is 2.66. The summed E-state index contributed by atoms with van der Waals surface area (Å²) in [7, 11) is 1.65. The molecule has 0 fully saturated rings. The molecule has 0 aliphatic rings. The Morgan fingerprint density at radius 3 is 2.56 bits per heavy atom. The molecule has 0 spiro atoms. The molecule has 0 saturated carbocycles. The highest BCUT2D eigenvalue weighted by atomic mass is 16.5. The minimum atomic E-state index is -0.263. The molecule has 0 N–H and O–H groups in total. The van der Waals surface area contributed by atoms with E-state index in [2.05, 4.69) is 0 Å². The first kappa shape index (κ1) is 14.2. The molecule has 18 heavy (non-hydrogen) atoms. The number of para-hydroxylation sites is 2. The molecule has 4 nitrogen and oxygen atoms in total. The standard InChI is InChI=1S/C14H19NO3/c1-4-5-10-14(17)18-13-9-7-6-8-12(13)15(3)11(2)16/h6-9H,4-5,10H2,1-3H3. The van der Waals surface area contributed by atoms with Crippen molar-refractivity contribution < 1.29 is 14.3 Å². The Morgan fingerprint density at radius 1 is 1.28 bits per heavy atom. The predicted molar refractivity (Wildman–Crippen MR) is 70.7 cm³/mol. The Hall–Kier alpha value is -1.84. The number of ether oxygens (including phenoxy) is 1. The number of hydrogen-bond acceptors (Lipinski definition) is 3. The normalized spacial score (nSPS) is 9.94. The number of carbonyl (C=O) groups is 2. The van der Waals surface area contributed by atoms with Crippen LogP contribution in [0.25, 0.3) is 0 Å². The zero-order chi connectivity index (χ0) is 13.5. The summed E-state index contributed by atoms with van der Waals surface area (Å²) in [6, 6.07) is 7.03. The second-order valence-corrected chi connectivity index (χ2v) is 4.12. The molecule has 0 heterocycles. The van der Waals surface area contributed by atoms with Crippen LogP contribution in [0.3, 0.4) is 0 Å². The van der Waals surface area contributed by atoms with E-state index in [4.69, 9.17) is 4.74 Å². The van der Waals surface area contributed by atoms with Crippen molar-refractivity contribution in [2.45, 2.75) is 33.1 Å². The molecule has 0 saturated heterocycles. The van der Waals surface area contributed by atoms with E-state index in [-0.39, 0.29) is 11.9 Å². The van der Waals surface area contributed by atoms with E-state index < -0.39 is 0 Å². The Labute approximate surface area is 108 Å². The molecule has 0 aromatic heterocycles. The molecule has 4 heteroatoms. The number of unbranched alkanes of at least 4 members (excludes halogenated alkanes) is 1. The molecule has 1 aromatic carbocycles. The van der Waals surface area contributed by atoms with Crippen molar-refractivity contribution in [3.05, 3.63) is 24.3 Å². The molecular weight excluding hydrogens is 230 g/mol. The first-order valence-electron chi connectivity index (χ1n) is 6.10. The summed E-state index contributed by atoms with van der Waals surface area (Å²) in [5.74, 6) is 0.0598. The van der Waals surface area contributed by atoms with E-state index in [0.29, 0.717) is 17.9 Å². The summed E-state index contributed by atoms with van der Waals surface area (Å²) < 4.78 is 5.29. The third-order valence-corrected chi connectivity index (χ3v) is 2.66. The number of esters is 1. The maximum Gasteiger partial charge on any atom is 0.311 e. The Kier molecular flexibility index (Phi) is 5.36. The molecule has 0 aliphatic heterocycles. The van der Waals surface area contributed by atoms with Gasteiger partial charge in [0, 0.05) is 20.4 Å². The molecule has 1 amide bonds. The van der Waals surface area contributed by atoms with Gasteiger partial charge in [-0.1, -0.05) is 25.5 Å². The number of benzene rings is 1. The second kappa shape index (κ2) is 6.79. The summed E-state index contributed by atoms with van der Waals surface area (Å²) >= 11 is 0. The summed E-state index contributed by atoms with van der Waals surface area (Å²) in [5, 5.41) is 0. The van der Waals surface area contributed by atoms with Crippen LogP contribution < -0.4 is 9.64 Å². The predicted octanol–water partition coefficient (Wildman–Crippen LogP) is 2.76. The minimum absolute atomic E-state index is 0.105. The van der Waals surface area contributed by atoms with Gasteiger partial charge in [0.1, 0.15) is 0 Å². The van der Waals surface area contributed by atoms with Gasteiger partial charge >= 0.3 is 5.97 Å². The third kappa shape index (κ3) is 3.87. The van der Waals surface area contributed by atoms with Crippen LogP contribution in [0.2, 0.25) is 0 Å². The van der Waals surface area contributed by atoms with Crippen LogP contribution in [-0.2, 0) is 9.59 Å². The lowest BCUT2D eigenvalue weighted by Gasteiger charge is -2.18. The quantitative estimate of drug-likeness (QED) is 0.595. The number of rotatable bonds is 5. The molecule has 0 atom stereocenters. The number of anilines is 1. The summed E-state index contributed by atoms with van der Waals surface area (Å²) in [6.45, 7) is 3.49. The number of hydrogen-bond donors (Lipinski definition) is 0. The van der Waals surface area contributed by atoms with Gasteiger partial charge in [0.05, 0.1) is 5.69 Å². The average molecular weight is 249 g/mol. The Balaban J connectivity index is 2.82. The molecule has 0 unspecified atom stereocenters. The summed E-state index contributed by atoms with van der Waals surface area (Å²) in [4.78, 5) is 24.4. The number of nitrogens with zero attached hydrogens (tertiary/aromatic N) is 1. The van der Waals surface area contributed by atoms with Crippen molar-refractivity contribution in [2.24, 2.45) is 0 Å². The van der Waals surface area contributed by atoms with Crippen molar-refractivity contribution in [3.8, 4) is 5.75 Å². The molecule has 98 valence electrons. The summed E-state index contributed by atoms with van der Waals surface area (Å²) in [6.07, 6.45) is 2.16. The fourth-order valence-electron chi connectivity index (χ4n) is 1.48. The maximum atomic E-state index is 11.6. The van der Waals surface area contributed by atoms with E-state index >= 15 is 0 Å². The SMILES string of the molecule is CCCCC(=O)Oc1ccccc1N(C)C(C)=O. The second-order valence-electron chi connectivity index (χ2n) is 4.12. The zero-order valence-corrected chi connectivity index (χ0v) is 11.1. The van der Waals surface area contributed by atoms with Gasteiger partial charge in [0.25, 0.3) is 0 Å². The molecule has 1 aromatic rings. The number of amides is 1. The van der Waals surface area contributed by atoms with Crippen molar-refractivity contribution >= 4 is 17.6 Å². The van der Waals surface area contributed by atoms with E-state index in [0.717, 1.165) is 12.8 Å². The van der Waals surface area contributed by atoms with Crippen LogP contribution in [0.4, 0.5) is 5.69 Å². The molecule has 0 aliphatic carbocycles. The Morgan fingerprint density at radius 2 is 1.94 bits per heavy atom. The first-order valence-corrected chi connectivity index (χ1v) is 6.10. The van der Waals surface area contributed by atoms with E-state index in [1.54, 1.807) is 31.3 Å². The van der Waals surface area contributed by atoms with E-state index in [9.17, 15) is 9.59 Å². The van der Waals surface area contributed by atoms with Gasteiger partial charge in [-0.25, -0.2) is 0 Å². The Bertz CT molecular complexity index is 429. The lowest BCUT2D eigenvalue weighted by Crippen LogP contribution is -2.24. The van der Waals surface area contributed by atoms with Crippen LogP contribution >= 0.6 is 0 Å². The van der Waals surface area contributed by atoms with Crippen molar-refractivity contribution in [1.82, 2.24) is 0 Å². The van der Waals surface area contributed by atoms with Crippen LogP contribution in [0.1, 0.15) is 33.1 Å². The van der Waals surface area contributed by atoms with Gasteiger partial charge in [0.15, 0.2) is 5.75 Å². The van der Waals surface area contributed by atoms with E-state index in [1.807, 2.05) is 6.92 Å². The highest BCUT2D eigenvalue weighted by Crippen LogP contribution is 2.27. The van der Waals surface area contributed by atoms with Gasteiger partial charge < -0.3 is 9.64 Å². The van der Waals surface area contributed by atoms with Crippen LogP contribution in [0.5, 0.6) is 5.75 Å². The fourth-order valence-corrected chi connectivity index (χ4v) is 1.48. The molecule has 0 radical (unpaired) electrons. The van der Waals surface area contributed by atoms with Crippen LogP contribution in [0, 0.1) is 0 Å². The molecular formula is C14H19NO3. The van der Waals surface area contributed by atoms with Crippen molar-refractivity contribution in [1.29, 1.82) is 0 Å². The van der Waals surface area contributed by atoms with Crippen molar-refractivity contribution in [3.63, 3.8) is 0 Å². The summed E-state index contributed by atoms with van der Waals surface area (Å²) in [5.41, 5.74) is 0.606. The van der Waals surface area contributed by atoms with Gasteiger partial charge in [0.2, 0.25) is 5.91 Å². The van der Waals surface area contributed by atoms with Gasteiger partial charge in [-0.15, -0.1) is 0 Å². The smallest absolute Gasteiger partial charge is 0.311 e. The monoisotopic (exact) mass is 249 g/mol. The van der Waals surface area contributed by atoms with E-state index in [1.165, 1.54) is 11.8 Å². The van der Waals surface area contributed by atoms with Crippen LogP contribution in [0.15, 0.2) is 24.3 Å². The lowest BCUT2D eigenvalue weighted by molar-refractivity contribution is -0.134. The fraction of sp³-hybridized carbons (Fsp3) is 0.429. The highest BCUT2D eigenvalue weighted by molar-refractivity contribution is 5.93. The van der Waals surface area contributed by atoms with Gasteiger partial charge in [-0.3, -0.25) is 9.59 Å². The highest BCUT2D eigenvalue weighted by Gasteiger charge is 2.13. The molecule has 0 bridgehead atoms. The topological polar surface area (TPSA) is 46.6 Å². The van der Waals surface area contributed by atoms with Crippen LogP contribution in [-0.4, -0.2) is 18.9 Å². The maximum absolute atomic E-state index is 11.6. The average Bonchev–Trinajstić information content (AvgIpc) is 2.36. The van der Waals surface area contributed by atoms with Gasteiger partial charge in [-0.2, -0.15) is 0 Å². The van der Waals surface area contributed by atoms with Crippen molar-refractivity contribution in [2.75, 3.05) is 11.9 Å². The largest absolute Gasteiger partial charge is 0.424 e. The zero-order valence-electron chi connectivity index (χ0n) is 11.1. The first-order chi connectivity index (χ1) is 8.56. The van der Waals surface area contributed by atoms with Gasteiger partial charge in [-0.05, 0) is 18.6 Å². The minimum Gasteiger partial charge on any atom is -0.424 e.